The van der Waals surface area contributed by atoms with Crippen LogP contribution in [0.5, 0.6) is 5.75 Å². The summed E-state index contributed by atoms with van der Waals surface area (Å²) < 4.78 is 6.09. The highest BCUT2D eigenvalue weighted by Gasteiger charge is 2.37. The summed E-state index contributed by atoms with van der Waals surface area (Å²) in [5, 5.41) is 10.9. The predicted octanol–water partition coefficient (Wildman–Crippen LogP) is 3.41. The fourth-order valence-corrected chi connectivity index (χ4v) is 3.09. The van der Waals surface area contributed by atoms with Crippen LogP contribution < -0.4 is 4.74 Å². The molecule has 0 amide bonds. The predicted molar refractivity (Wildman–Crippen MR) is 82.9 cm³/mol. The van der Waals surface area contributed by atoms with E-state index >= 15 is 0 Å². The molecule has 5 nitrogen and oxygen atoms in total. The zero-order valence-electron chi connectivity index (χ0n) is 13.1. The number of hydrogen-bond acceptors (Lipinski definition) is 4. The first-order chi connectivity index (χ1) is 9.97. The summed E-state index contributed by atoms with van der Waals surface area (Å²) in [6.45, 7) is 9.43. The SMILES string of the molecule is CCCN(CCC)CC1(C)Cc2cc([N+](=O)[O-])ccc2O1. The summed E-state index contributed by atoms with van der Waals surface area (Å²) >= 11 is 0. The second kappa shape index (κ2) is 6.43. The first kappa shape index (κ1) is 15.8. The topological polar surface area (TPSA) is 55.6 Å². The molecule has 1 aliphatic rings. The minimum absolute atomic E-state index is 0.139. The van der Waals surface area contributed by atoms with Gasteiger partial charge < -0.3 is 4.74 Å². The average molecular weight is 292 g/mol. The van der Waals surface area contributed by atoms with Crippen LogP contribution in [0.1, 0.15) is 39.2 Å². The number of nitro benzene ring substituents is 1. The van der Waals surface area contributed by atoms with Gasteiger partial charge in [0.15, 0.2) is 0 Å². The lowest BCUT2D eigenvalue weighted by molar-refractivity contribution is -0.384. The lowest BCUT2D eigenvalue weighted by Gasteiger charge is -2.31. The van der Waals surface area contributed by atoms with E-state index in [0.29, 0.717) is 0 Å². The Morgan fingerprint density at radius 2 is 2.00 bits per heavy atom. The molecular weight excluding hydrogens is 268 g/mol. The molecule has 116 valence electrons. The molecular formula is C16H24N2O3. The van der Waals surface area contributed by atoms with Gasteiger partial charge in [-0.3, -0.25) is 15.0 Å². The summed E-state index contributed by atoms with van der Waals surface area (Å²) in [6, 6.07) is 4.88. The van der Waals surface area contributed by atoms with Crippen molar-refractivity contribution in [3.63, 3.8) is 0 Å². The van der Waals surface area contributed by atoms with E-state index in [2.05, 4.69) is 25.7 Å². The molecule has 1 unspecified atom stereocenters. The third-order valence-electron chi connectivity index (χ3n) is 3.81. The molecule has 0 spiro atoms. The molecule has 0 bridgehead atoms. The third-order valence-corrected chi connectivity index (χ3v) is 3.81. The first-order valence-electron chi connectivity index (χ1n) is 7.66. The summed E-state index contributed by atoms with van der Waals surface area (Å²) in [7, 11) is 0. The lowest BCUT2D eigenvalue weighted by Crippen LogP contribution is -2.44. The molecule has 5 heteroatoms. The van der Waals surface area contributed by atoms with Gasteiger partial charge in [-0.15, -0.1) is 0 Å². The Morgan fingerprint density at radius 1 is 1.33 bits per heavy atom. The molecule has 0 radical (unpaired) electrons. The van der Waals surface area contributed by atoms with Gasteiger partial charge in [0.25, 0.3) is 5.69 Å². The maximum absolute atomic E-state index is 10.9. The molecule has 1 aliphatic heterocycles. The normalized spacial score (nSPS) is 20.4. The van der Waals surface area contributed by atoms with Crippen LogP contribution in [0.4, 0.5) is 5.69 Å². The highest BCUT2D eigenvalue weighted by molar-refractivity contribution is 5.47. The molecule has 1 aromatic rings. The van der Waals surface area contributed by atoms with E-state index in [-0.39, 0.29) is 16.2 Å². The zero-order chi connectivity index (χ0) is 15.5. The Labute approximate surface area is 126 Å². The van der Waals surface area contributed by atoms with Gasteiger partial charge in [-0.25, -0.2) is 0 Å². The lowest BCUT2D eigenvalue weighted by atomic mass is 9.98. The standard InChI is InChI=1S/C16H24N2O3/c1-4-8-17(9-5-2)12-16(3)11-13-10-14(18(19)20)6-7-15(13)21-16/h6-7,10H,4-5,8-9,11-12H2,1-3H3. The second-order valence-corrected chi connectivity index (χ2v) is 6.05. The van der Waals surface area contributed by atoms with Gasteiger partial charge in [-0.2, -0.15) is 0 Å². The number of fused-ring (bicyclic) bond motifs is 1. The Morgan fingerprint density at radius 3 is 2.57 bits per heavy atom. The number of ether oxygens (including phenoxy) is 1. The number of rotatable bonds is 7. The number of nitrogens with zero attached hydrogens (tertiary/aromatic N) is 2. The fraction of sp³-hybridized carbons (Fsp3) is 0.625. The number of non-ortho nitro benzene ring substituents is 1. The van der Waals surface area contributed by atoms with Gasteiger partial charge in [0.1, 0.15) is 11.4 Å². The molecule has 1 aromatic carbocycles. The highest BCUT2D eigenvalue weighted by Crippen LogP contribution is 2.37. The molecule has 0 fully saturated rings. The van der Waals surface area contributed by atoms with Crippen molar-refractivity contribution in [2.45, 2.75) is 45.6 Å². The van der Waals surface area contributed by atoms with Crippen molar-refractivity contribution in [1.29, 1.82) is 0 Å². The van der Waals surface area contributed by atoms with E-state index in [1.54, 1.807) is 12.1 Å². The number of benzene rings is 1. The van der Waals surface area contributed by atoms with Crippen LogP contribution in [-0.2, 0) is 6.42 Å². The molecule has 2 rings (SSSR count). The van der Waals surface area contributed by atoms with Gasteiger partial charge >= 0.3 is 0 Å². The van der Waals surface area contributed by atoms with Crippen molar-refractivity contribution in [2.75, 3.05) is 19.6 Å². The van der Waals surface area contributed by atoms with Gasteiger partial charge in [-0.05, 0) is 38.9 Å². The van der Waals surface area contributed by atoms with E-state index in [1.807, 2.05) is 0 Å². The van der Waals surface area contributed by atoms with Gasteiger partial charge in [0.05, 0.1) is 4.92 Å². The average Bonchev–Trinajstić information content (AvgIpc) is 2.73. The van der Waals surface area contributed by atoms with Crippen LogP contribution in [0, 0.1) is 10.1 Å². The van der Waals surface area contributed by atoms with Crippen molar-refractivity contribution in [3.05, 3.63) is 33.9 Å². The molecule has 0 aromatic heterocycles. The monoisotopic (exact) mass is 292 g/mol. The first-order valence-corrected chi connectivity index (χ1v) is 7.66. The third kappa shape index (κ3) is 3.73. The van der Waals surface area contributed by atoms with Crippen molar-refractivity contribution in [3.8, 4) is 5.75 Å². The van der Waals surface area contributed by atoms with E-state index in [0.717, 1.165) is 50.2 Å². The minimum atomic E-state index is -0.351. The summed E-state index contributed by atoms with van der Waals surface area (Å²) in [5.41, 5.74) is 0.794. The van der Waals surface area contributed by atoms with E-state index in [9.17, 15) is 10.1 Å². The molecule has 0 saturated heterocycles. The largest absolute Gasteiger partial charge is 0.486 e. The Kier molecular flexibility index (Phi) is 4.83. The molecule has 0 aliphatic carbocycles. The summed E-state index contributed by atoms with van der Waals surface area (Å²) in [6.07, 6.45) is 2.97. The van der Waals surface area contributed by atoms with Gasteiger partial charge in [-0.1, -0.05) is 13.8 Å². The molecule has 1 atom stereocenters. The Balaban J connectivity index is 2.10. The van der Waals surface area contributed by atoms with Crippen molar-refractivity contribution >= 4 is 5.69 Å². The quantitative estimate of drug-likeness (QED) is 0.571. The highest BCUT2D eigenvalue weighted by atomic mass is 16.6. The van der Waals surface area contributed by atoms with E-state index in [4.69, 9.17) is 4.74 Å². The van der Waals surface area contributed by atoms with Gasteiger partial charge in [0.2, 0.25) is 0 Å². The molecule has 1 heterocycles. The fourth-order valence-electron chi connectivity index (χ4n) is 3.09. The second-order valence-electron chi connectivity index (χ2n) is 6.05. The zero-order valence-corrected chi connectivity index (χ0v) is 13.1. The van der Waals surface area contributed by atoms with Crippen molar-refractivity contribution in [2.24, 2.45) is 0 Å². The van der Waals surface area contributed by atoms with E-state index in [1.165, 1.54) is 6.07 Å². The number of hydrogen-bond donors (Lipinski definition) is 0. The van der Waals surface area contributed by atoms with Crippen LogP contribution in [0.15, 0.2) is 18.2 Å². The van der Waals surface area contributed by atoms with Crippen LogP contribution in [0.3, 0.4) is 0 Å². The molecule has 0 N–H and O–H groups in total. The van der Waals surface area contributed by atoms with Crippen molar-refractivity contribution < 1.29 is 9.66 Å². The smallest absolute Gasteiger partial charge is 0.269 e. The van der Waals surface area contributed by atoms with Gasteiger partial charge in [0, 0.05) is 30.7 Å². The van der Waals surface area contributed by atoms with Crippen LogP contribution in [0.25, 0.3) is 0 Å². The molecule has 0 saturated carbocycles. The van der Waals surface area contributed by atoms with Crippen molar-refractivity contribution in [1.82, 2.24) is 4.90 Å². The van der Waals surface area contributed by atoms with Crippen LogP contribution in [-0.4, -0.2) is 35.1 Å². The maximum Gasteiger partial charge on any atom is 0.269 e. The Hall–Kier alpha value is -1.62. The van der Waals surface area contributed by atoms with Crippen LogP contribution >= 0.6 is 0 Å². The minimum Gasteiger partial charge on any atom is -0.486 e. The molecule has 21 heavy (non-hydrogen) atoms. The van der Waals surface area contributed by atoms with E-state index < -0.39 is 0 Å². The van der Waals surface area contributed by atoms with Crippen LogP contribution in [0.2, 0.25) is 0 Å². The Bertz CT molecular complexity index is 512. The summed E-state index contributed by atoms with van der Waals surface area (Å²) in [4.78, 5) is 12.9. The maximum atomic E-state index is 10.9. The number of nitro groups is 1. The summed E-state index contributed by atoms with van der Waals surface area (Å²) in [5.74, 6) is 0.788.